The van der Waals surface area contributed by atoms with Gasteiger partial charge in [0, 0.05) is 30.4 Å². The van der Waals surface area contributed by atoms with Crippen molar-refractivity contribution in [2.45, 2.75) is 33.0 Å². The fraction of sp³-hybridized carbons (Fsp3) is 0.263. The number of anilines is 2. The van der Waals surface area contributed by atoms with Crippen molar-refractivity contribution >= 4 is 34.9 Å². The number of urea groups is 1. The third kappa shape index (κ3) is 3.75. The van der Waals surface area contributed by atoms with Crippen LogP contribution >= 0.6 is 11.6 Å². The van der Waals surface area contributed by atoms with E-state index in [-0.39, 0.29) is 18.0 Å². The Balaban J connectivity index is 1.60. The van der Waals surface area contributed by atoms with Crippen LogP contribution in [-0.2, 0) is 13.1 Å². The lowest BCUT2D eigenvalue weighted by Gasteiger charge is -2.19. The molecule has 0 spiro atoms. The number of hydrogen-bond donors (Lipinski definition) is 3. The molecule has 6 nitrogen and oxygen atoms in total. The molecule has 1 aliphatic heterocycles. The molecule has 0 saturated heterocycles. The standard InChI is InChI=1S/C19H21ClN4O2/c1-11(2)24-10-13-7-12(3-5-15(13)18(24)25)9-22-19(26)23-14-4-6-17(21)16(20)8-14/h3-8,11H,9-10,21H2,1-2H3,(H2,22,23,26). The molecule has 0 fully saturated rings. The second kappa shape index (κ2) is 7.25. The van der Waals surface area contributed by atoms with Gasteiger partial charge in [-0.25, -0.2) is 4.79 Å². The SMILES string of the molecule is CC(C)N1Cc2cc(CNC(=O)Nc3ccc(N)c(Cl)c3)ccc2C1=O. The molecule has 3 amide bonds. The molecular weight excluding hydrogens is 352 g/mol. The molecule has 2 aromatic carbocycles. The summed E-state index contributed by atoms with van der Waals surface area (Å²) < 4.78 is 0. The summed E-state index contributed by atoms with van der Waals surface area (Å²) in [5.74, 6) is 0.0625. The minimum atomic E-state index is -0.341. The van der Waals surface area contributed by atoms with Crippen molar-refractivity contribution in [3.63, 3.8) is 0 Å². The van der Waals surface area contributed by atoms with Crippen LogP contribution in [0.5, 0.6) is 0 Å². The van der Waals surface area contributed by atoms with Crippen molar-refractivity contribution in [2.24, 2.45) is 0 Å². The summed E-state index contributed by atoms with van der Waals surface area (Å²) in [6.45, 7) is 4.97. The van der Waals surface area contributed by atoms with Gasteiger partial charge in [-0.2, -0.15) is 0 Å². The second-order valence-corrected chi connectivity index (χ2v) is 6.97. The van der Waals surface area contributed by atoms with E-state index < -0.39 is 0 Å². The average Bonchev–Trinajstić information content (AvgIpc) is 2.93. The average molecular weight is 373 g/mol. The summed E-state index contributed by atoms with van der Waals surface area (Å²) >= 11 is 5.94. The molecule has 7 heteroatoms. The van der Waals surface area contributed by atoms with Crippen LogP contribution in [0.3, 0.4) is 0 Å². The maximum atomic E-state index is 12.3. The van der Waals surface area contributed by atoms with Gasteiger partial charge in [0.15, 0.2) is 0 Å². The van der Waals surface area contributed by atoms with E-state index in [9.17, 15) is 9.59 Å². The van der Waals surface area contributed by atoms with Crippen LogP contribution in [0.1, 0.15) is 35.3 Å². The van der Waals surface area contributed by atoms with Gasteiger partial charge in [-0.1, -0.05) is 23.7 Å². The quantitative estimate of drug-likeness (QED) is 0.716. The van der Waals surface area contributed by atoms with E-state index in [1.165, 1.54) is 0 Å². The minimum absolute atomic E-state index is 0.0625. The molecule has 136 valence electrons. The maximum Gasteiger partial charge on any atom is 0.319 e. The Morgan fingerprint density at radius 2 is 2.04 bits per heavy atom. The number of carbonyl (C=O) groups excluding carboxylic acids is 2. The summed E-state index contributed by atoms with van der Waals surface area (Å²) in [4.78, 5) is 26.2. The van der Waals surface area contributed by atoms with Crippen LogP contribution in [0, 0.1) is 0 Å². The Morgan fingerprint density at radius 1 is 1.27 bits per heavy atom. The van der Waals surface area contributed by atoms with E-state index in [0.717, 1.165) is 16.7 Å². The molecule has 0 radical (unpaired) electrons. The number of fused-ring (bicyclic) bond motifs is 1. The van der Waals surface area contributed by atoms with Gasteiger partial charge in [-0.3, -0.25) is 4.79 Å². The van der Waals surface area contributed by atoms with Gasteiger partial charge >= 0.3 is 6.03 Å². The molecule has 0 unspecified atom stereocenters. The Bertz CT molecular complexity index is 867. The largest absolute Gasteiger partial charge is 0.398 e. The Kier molecular flexibility index (Phi) is 5.04. The molecule has 3 rings (SSSR count). The number of nitrogen functional groups attached to an aromatic ring is 1. The lowest BCUT2D eigenvalue weighted by Crippen LogP contribution is -2.30. The summed E-state index contributed by atoms with van der Waals surface area (Å²) in [6, 6.07) is 10.4. The normalized spacial score (nSPS) is 13.1. The first-order valence-electron chi connectivity index (χ1n) is 8.38. The van der Waals surface area contributed by atoms with Crippen molar-refractivity contribution in [1.29, 1.82) is 0 Å². The highest BCUT2D eigenvalue weighted by Crippen LogP contribution is 2.26. The van der Waals surface area contributed by atoms with Crippen LogP contribution in [0.4, 0.5) is 16.2 Å². The van der Waals surface area contributed by atoms with Crippen LogP contribution in [0.2, 0.25) is 5.02 Å². The number of amides is 3. The number of carbonyl (C=O) groups is 2. The predicted molar refractivity (Wildman–Crippen MR) is 103 cm³/mol. The van der Waals surface area contributed by atoms with E-state index >= 15 is 0 Å². The van der Waals surface area contributed by atoms with E-state index in [0.29, 0.717) is 29.5 Å². The van der Waals surface area contributed by atoms with Gasteiger partial charge < -0.3 is 21.3 Å². The van der Waals surface area contributed by atoms with Gasteiger partial charge in [0.05, 0.1) is 10.7 Å². The molecule has 1 heterocycles. The molecule has 26 heavy (non-hydrogen) atoms. The molecule has 2 aromatic rings. The van der Waals surface area contributed by atoms with Gasteiger partial charge in [-0.15, -0.1) is 0 Å². The molecule has 1 aliphatic rings. The van der Waals surface area contributed by atoms with E-state index in [1.54, 1.807) is 18.2 Å². The molecule has 0 saturated carbocycles. The predicted octanol–water partition coefficient (Wildman–Crippen LogP) is 3.61. The lowest BCUT2D eigenvalue weighted by molar-refractivity contribution is 0.0730. The first-order chi connectivity index (χ1) is 12.3. The molecule has 0 aromatic heterocycles. The van der Waals surface area contributed by atoms with Crippen LogP contribution < -0.4 is 16.4 Å². The van der Waals surface area contributed by atoms with Crippen molar-refractivity contribution in [1.82, 2.24) is 10.2 Å². The number of nitrogens with one attached hydrogen (secondary N) is 2. The molecule has 0 aliphatic carbocycles. The lowest BCUT2D eigenvalue weighted by atomic mass is 10.1. The van der Waals surface area contributed by atoms with Crippen LogP contribution in [-0.4, -0.2) is 22.9 Å². The number of halogens is 1. The maximum absolute atomic E-state index is 12.3. The molecule has 4 N–H and O–H groups in total. The fourth-order valence-corrected chi connectivity index (χ4v) is 3.07. The zero-order chi connectivity index (χ0) is 18.8. The molecule has 0 atom stereocenters. The van der Waals surface area contributed by atoms with Gasteiger partial charge in [-0.05, 0) is 49.2 Å². The van der Waals surface area contributed by atoms with E-state index in [2.05, 4.69) is 10.6 Å². The number of rotatable bonds is 4. The highest BCUT2D eigenvalue weighted by molar-refractivity contribution is 6.33. The number of hydrogen-bond acceptors (Lipinski definition) is 3. The summed E-state index contributed by atoms with van der Waals surface area (Å²) in [6.07, 6.45) is 0. The van der Waals surface area contributed by atoms with E-state index in [4.69, 9.17) is 17.3 Å². The molecular formula is C19H21ClN4O2. The zero-order valence-corrected chi connectivity index (χ0v) is 15.4. The molecule has 0 bridgehead atoms. The smallest absolute Gasteiger partial charge is 0.319 e. The second-order valence-electron chi connectivity index (χ2n) is 6.56. The Labute approximate surface area is 157 Å². The summed E-state index contributed by atoms with van der Waals surface area (Å²) in [7, 11) is 0. The van der Waals surface area contributed by atoms with Gasteiger partial charge in [0.1, 0.15) is 0 Å². The fourth-order valence-electron chi connectivity index (χ4n) is 2.89. The highest BCUT2D eigenvalue weighted by Gasteiger charge is 2.28. The van der Waals surface area contributed by atoms with E-state index in [1.807, 2.05) is 36.9 Å². The summed E-state index contributed by atoms with van der Waals surface area (Å²) in [5, 5.41) is 5.89. The van der Waals surface area contributed by atoms with Crippen LogP contribution in [0.25, 0.3) is 0 Å². The summed E-state index contributed by atoms with van der Waals surface area (Å²) in [5.41, 5.74) is 9.34. The minimum Gasteiger partial charge on any atom is -0.398 e. The Hall–Kier alpha value is -2.73. The number of benzene rings is 2. The monoisotopic (exact) mass is 372 g/mol. The van der Waals surface area contributed by atoms with Gasteiger partial charge in [0.25, 0.3) is 5.91 Å². The first kappa shape index (κ1) is 18.1. The number of nitrogens with two attached hydrogens (primary N) is 1. The van der Waals surface area contributed by atoms with Crippen molar-refractivity contribution in [3.05, 3.63) is 58.1 Å². The third-order valence-corrected chi connectivity index (χ3v) is 4.66. The first-order valence-corrected chi connectivity index (χ1v) is 8.75. The Morgan fingerprint density at radius 3 is 2.73 bits per heavy atom. The van der Waals surface area contributed by atoms with Crippen molar-refractivity contribution < 1.29 is 9.59 Å². The third-order valence-electron chi connectivity index (χ3n) is 4.34. The van der Waals surface area contributed by atoms with Crippen molar-refractivity contribution in [2.75, 3.05) is 11.1 Å². The van der Waals surface area contributed by atoms with Crippen LogP contribution in [0.15, 0.2) is 36.4 Å². The topological polar surface area (TPSA) is 87.5 Å². The number of nitrogens with zero attached hydrogens (tertiary/aromatic N) is 1. The van der Waals surface area contributed by atoms with Gasteiger partial charge in [0.2, 0.25) is 0 Å². The van der Waals surface area contributed by atoms with Crippen molar-refractivity contribution in [3.8, 4) is 0 Å². The highest BCUT2D eigenvalue weighted by atomic mass is 35.5. The zero-order valence-electron chi connectivity index (χ0n) is 14.7.